The van der Waals surface area contributed by atoms with Gasteiger partial charge in [-0.15, -0.1) is 0 Å². The number of rotatable bonds is 1. The summed E-state index contributed by atoms with van der Waals surface area (Å²) in [6, 6.07) is 2.06. The molecule has 11 heavy (non-hydrogen) atoms. The zero-order chi connectivity index (χ0) is 8.59. The number of nitrogens with two attached hydrogens (primary N) is 1. The molecule has 1 rings (SSSR count). The van der Waals surface area contributed by atoms with E-state index in [1.54, 1.807) is 0 Å². The highest BCUT2D eigenvalue weighted by atomic mass is 15.0. The van der Waals surface area contributed by atoms with Crippen LogP contribution in [0.3, 0.4) is 0 Å². The van der Waals surface area contributed by atoms with Gasteiger partial charge in [0.25, 0.3) is 0 Å². The Morgan fingerprint density at radius 3 is 2.18 bits per heavy atom. The zero-order valence-corrected chi connectivity index (χ0v) is 7.68. The highest BCUT2D eigenvalue weighted by molar-refractivity contribution is 5.47. The Morgan fingerprint density at radius 1 is 1.45 bits per heavy atom. The second-order valence-electron chi connectivity index (χ2n) is 3.32. The van der Waals surface area contributed by atoms with Crippen molar-refractivity contribution < 1.29 is 0 Å². The van der Waals surface area contributed by atoms with E-state index in [0.29, 0.717) is 5.92 Å². The fraction of sp³-hybridized carbons (Fsp3) is 0.556. The first-order valence-corrected chi connectivity index (χ1v) is 3.95. The van der Waals surface area contributed by atoms with Crippen molar-refractivity contribution in [2.45, 2.75) is 26.7 Å². The Bertz CT molecular complexity index is 259. The van der Waals surface area contributed by atoms with Gasteiger partial charge < -0.3 is 10.3 Å². The van der Waals surface area contributed by atoms with Gasteiger partial charge in [-0.1, -0.05) is 13.8 Å². The van der Waals surface area contributed by atoms with Gasteiger partial charge >= 0.3 is 0 Å². The molecule has 2 nitrogen and oxygen atoms in total. The second-order valence-corrected chi connectivity index (χ2v) is 3.32. The number of nitrogens with zero attached hydrogens (tertiary/aromatic N) is 1. The second kappa shape index (κ2) is 2.61. The van der Waals surface area contributed by atoms with Crippen molar-refractivity contribution in [3.8, 4) is 0 Å². The van der Waals surface area contributed by atoms with Crippen LogP contribution in [0.15, 0.2) is 6.07 Å². The normalized spacial score (nSPS) is 11.0. The van der Waals surface area contributed by atoms with Crippen LogP contribution in [-0.4, -0.2) is 4.57 Å². The van der Waals surface area contributed by atoms with Crippen molar-refractivity contribution in [3.63, 3.8) is 0 Å². The van der Waals surface area contributed by atoms with Gasteiger partial charge in [0.2, 0.25) is 0 Å². The van der Waals surface area contributed by atoms with Crippen LogP contribution in [-0.2, 0) is 7.05 Å². The summed E-state index contributed by atoms with van der Waals surface area (Å²) in [5, 5.41) is 0. The van der Waals surface area contributed by atoms with Gasteiger partial charge in [-0.2, -0.15) is 0 Å². The molecule has 0 aliphatic heterocycles. The maximum atomic E-state index is 5.76. The predicted octanol–water partition coefficient (Wildman–Crippen LogP) is 2.04. The van der Waals surface area contributed by atoms with E-state index < -0.39 is 0 Å². The third-order valence-electron chi connectivity index (χ3n) is 2.20. The molecule has 0 aromatic carbocycles. The van der Waals surface area contributed by atoms with Gasteiger partial charge in [0.05, 0.1) is 5.69 Å². The summed E-state index contributed by atoms with van der Waals surface area (Å²) in [5.41, 5.74) is 9.12. The van der Waals surface area contributed by atoms with Crippen LogP contribution in [0, 0.1) is 6.92 Å². The summed E-state index contributed by atoms with van der Waals surface area (Å²) in [5.74, 6) is 0.552. The first kappa shape index (κ1) is 8.18. The van der Waals surface area contributed by atoms with Gasteiger partial charge in [-0.25, -0.2) is 0 Å². The molecule has 0 unspecified atom stereocenters. The molecule has 1 heterocycles. The molecule has 2 heteroatoms. The van der Waals surface area contributed by atoms with Crippen LogP contribution >= 0.6 is 0 Å². The summed E-state index contributed by atoms with van der Waals surface area (Å²) in [6.07, 6.45) is 0. The quantitative estimate of drug-likeness (QED) is 0.656. The molecule has 0 spiro atoms. The number of hydrogen-bond acceptors (Lipinski definition) is 1. The fourth-order valence-electron chi connectivity index (χ4n) is 1.30. The van der Waals surface area contributed by atoms with Crippen LogP contribution in [0.25, 0.3) is 0 Å². The minimum Gasteiger partial charge on any atom is -0.397 e. The van der Waals surface area contributed by atoms with Crippen molar-refractivity contribution in [2.24, 2.45) is 7.05 Å². The topological polar surface area (TPSA) is 30.9 Å². The average Bonchev–Trinajstić information content (AvgIpc) is 2.17. The Labute approximate surface area is 68.0 Å². The van der Waals surface area contributed by atoms with Crippen LogP contribution in [0.5, 0.6) is 0 Å². The highest BCUT2D eigenvalue weighted by Gasteiger charge is 2.08. The molecule has 0 aliphatic rings. The molecule has 0 atom stereocenters. The summed E-state index contributed by atoms with van der Waals surface area (Å²) >= 11 is 0. The Morgan fingerprint density at radius 2 is 2.00 bits per heavy atom. The standard InChI is InChI=1S/C9H16N2/c1-6(2)9-5-8(10)7(3)11(9)4/h5-6H,10H2,1-4H3. The molecule has 62 valence electrons. The van der Waals surface area contributed by atoms with Gasteiger partial charge in [0.15, 0.2) is 0 Å². The average molecular weight is 152 g/mol. The Kier molecular flexibility index (Phi) is 1.94. The number of nitrogen functional groups attached to an aromatic ring is 1. The Balaban J connectivity index is 3.19. The lowest BCUT2D eigenvalue weighted by molar-refractivity contribution is 0.727. The van der Waals surface area contributed by atoms with E-state index in [1.165, 1.54) is 5.69 Å². The van der Waals surface area contributed by atoms with Crippen molar-refractivity contribution in [1.82, 2.24) is 4.57 Å². The highest BCUT2D eigenvalue weighted by Crippen LogP contribution is 2.22. The van der Waals surface area contributed by atoms with E-state index in [-0.39, 0.29) is 0 Å². The largest absolute Gasteiger partial charge is 0.397 e. The van der Waals surface area contributed by atoms with Gasteiger partial charge in [0.1, 0.15) is 0 Å². The monoisotopic (exact) mass is 152 g/mol. The lowest BCUT2D eigenvalue weighted by atomic mass is 10.1. The third-order valence-corrected chi connectivity index (χ3v) is 2.20. The van der Waals surface area contributed by atoms with E-state index in [2.05, 4.69) is 31.5 Å². The van der Waals surface area contributed by atoms with Crippen LogP contribution in [0.4, 0.5) is 5.69 Å². The Hall–Kier alpha value is -0.920. The molecule has 0 radical (unpaired) electrons. The van der Waals surface area contributed by atoms with Crippen LogP contribution in [0.1, 0.15) is 31.2 Å². The number of aromatic nitrogens is 1. The molecule has 1 aromatic heterocycles. The summed E-state index contributed by atoms with van der Waals surface area (Å²) in [7, 11) is 2.06. The van der Waals surface area contributed by atoms with Crippen molar-refractivity contribution in [3.05, 3.63) is 17.5 Å². The first-order valence-electron chi connectivity index (χ1n) is 3.95. The van der Waals surface area contributed by atoms with Gasteiger partial charge in [0, 0.05) is 18.4 Å². The molecular formula is C9H16N2. The predicted molar refractivity (Wildman–Crippen MR) is 48.7 cm³/mol. The summed E-state index contributed by atoms with van der Waals surface area (Å²) in [4.78, 5) is 0. The minimum absolute atomic E-state index is 0.552. The molecular weight excluding hydrogens is 136 g/mol. The minimum atomic E-state index is 0.552. The van der Waals surface area contributed by atoms with Crippen LogP contribution < -0.4 is 5.73 Å². The molecule has 2 N–H and O–H groups in total. The third kappa shape index (κ3) is 1.25. The maximum absolute atomic E-state index is 5.76. The van der Waals surface area contributed by atoms with Crippen molar-refractivity contribution in [1.29, 1.82) is 0 Å². The van der Waals surface area contributed by atoms with E-state index in [1.807, 2.05) is 6.92 Å². The lowest BCUT2D eigenvalue weighted by Crippen LogP contribution is -1.99. The van der Waals surface area contributed by atoms with Gasteiger partial charge in [-0.3, -0.25) is 0 Å². The molecule has 0 saturated heterocycles. The smallest absolute Gasteiger partial charge is 0.0526 e. The SMILES string of the molecule is Cc1c(N)cc(C(C)C)n1C. The summed E-state index contributed by atoms with van der Waals surface area (Å²) < 4.78 is 2.15. The zero-order valence-electron chi connectivity index (χ0n) is 7.68. The van der Waals surface area contributed by atoms with E-state index in [4.69, 9.17) is 5.73 Å². The molecule has 0 saturated carbocycles. The first-order chi connectivity index (χ1) is 5.04. The molecule has 0 aliphatic carbocycles. The van der Waals surface area contributed by atoms with E-state index in [0.717, 1.165) is 11.4 Å². The van der Waals surface area contributed by atoms with Crippen molar-refractivity contribution in [2.75, 3.05) is 5.73 Å². The molecule has 0 fully saturated rings. The van der Waals surface area contributed by atoms with Crippen molar-refractivity contribution >= 4 is 5.69 Å². The van der Waals surface area contributed by atoms with E-state index in [9.17, 15) is 0 Å². The fourth-order valence-corrected chi connectivity index (χ4v) is 1.30. The number of hydrogen-bond donors (Lipinski definition) is 1. The van der Waals surface area contributed by atoms with Gasteiger partial charge in [-0.05, 0) is 18.9 Å². The van der Waals surface area contributed by atoms with E-state index >= 15 is 0 Å². The molecule has 0 bridgehead atoms. The molecule has 0 amide bonds. The number of anilines is 1. The maximum Gasteiger partial charge on any atom is 0.0526 e. The lowest BCUT2D eigenvalue weighted by Gasteiger charge is -2.07. The van der Waals surface area contributed by atoms with Crippen LogP contribution in [0.2, 0.25) is 0 Å². The molecule has 1 aromatic rings. The summed E-state index contributed by atoms with van der Waals surface area (Å²) in [6.45, 7) is 6.39.